The summed E-state index contributed by atoms with van der Waals surface area (Å²) in [6.45, 7) is 1.92. The second-order valence-corrected chi connectivity index (χ2v) is 4.65. The molecule has 0 saturated carbocycles. The van der Waals surface area contributed by atoms with Crippen molar-refractivity contribution in [2.75, 3.05) is 5.73 Å². The van der Waals surface area contributed by atoms with Crippen LogP contribution in [0.2, 0.25) is 0 Å². The van der Waals surface area contributed by atoms with Gasteiger partial charge < -0.3 is 5.73 Å². The Morgan fingerprint density at radius 3 is 2.52 bits per heavy atom. The van der Waals surface area contributed by atoms with Crippen LogP contribution in [0.25, 0.3) is 16.9 Å². The van der Waals surface area contributed by atoms with E-state index in [1.807, 2.05) is 31.2 Å². The molecule has 2 aromatic carbocycles. The molecule has 0 unspecified atom stereocenters. The molecular formula is C15H12F2N4. The molecule has 1 aromatic heterocycles. The summed E-state index contributed by atoms with van der Waals surface area (Å²) in [6, 6.07) is 11.1. The fourth-order valence-electron chi connectivity index (χ4n) is 2.12. The maximum absolute atomic E-state index is 13.3. The minimum Gasteiger partial charge on any atom is -0.382 e. The van der Waals surface area contributed by atoms with E-state index in [1.54, 1.807) is 0 Å². The highest BCUT2D eigenvalue weighted by molar-refractivity contribution is 5.71. The number of nitrogen functional groups attached to an aromatic ring is 1. The molecule has 1 heterocycles. The van der Waals surface area contributed by atoms with Gasteiger partial charge in [-0.25, -0.2) is 8.78 Å². The fraction of sp³-hybridized carbons (Fsp3) is 0.0667. The van der Waals surface area contributed by atoms with Gasteiger partial charge in [-0.2, -0.15) is 4.68 Å². The summed E-state index contributed by atoms with van der Waals surface area (Å²) in [5.74, 6) is -1.59. The van der Waals surface area contributed by atoms with E-state index in [1.165, 1.54) is 10.7 Å². The lowest BCUT2D eigenvalue weighted by molar-refractivity contribution is 0.509. The summed E-state index contributed by atoms with van der Waals surface area (Å²) >= 11 is 0. The standard InChI is InChI=1S/C15H12F2N4/c1-9-4-2-3-5-13(9)21-15(18)14(19-20-21)10-6-7-11(16)12(17)8-10/h2-8H,18H2,1H3. The first-order valence-electron chi connectivity index (χ1n) is 6.30. The molecule has 21 heavy (non-hydrogen) atoms. The van der Waals surface area contributed by atoms with E-state index in [0.29, 0.717) is 11.3 Å². The number of hydrogen-bond acceptors (Lipinski definition) is 3. The molecule has 0 aliphatic heterocycles. The predicted molar refractivity (Wildman–Crippen MR) is 75.9 cm³/mol. The molecule has 0 aliphatic rings. The Labute approximate surface area is 119 Å². The normalized spacial score (nSPS) is 10.8. The lowest BCUT2D eigenvalue weighted by atomic mass is 10.1. The van der Waals surface area contributed by atoms with Gasteiger partial charge in [-0.3, -0.25) is 0 Å². The monoisotopic (exact) mass is 286 g/mol. The van der Waals surface area contributed by atoms with E-state index in [-0.39, 0.29) is 5.82 Å². The number of para-hydroxylation sites is 1. The highest BCUT2D eigenvalue weighted by Gasteiger charge is 2.15. The first kappa shape index (κ1) is 13.2. The van der Waals surface area contributed by atoms with Crippen molar-refractivity contribution in [2.45, 2.75) is 6.92 Å². The van der Waals surface area contributed by atoms with Crippen molar-refractivity contribution in [2.24, 2.45) is 0 Å². The molecule has 0 atom stereocenters. The first-order valence-corrected chi connectivity index (χ1v) is 6.30. The molecule has 4 nitrogen and oxygen atoms in total. The minimum atomic E-state index is -0.947. The van der Waals surface area contributed by atoms with E-state index >= 15 is 0 Å². The molecule has 3 aromatic rings. The van der Waals surface area contributed by atoms with Crippen molar-refractivity contribution < 1.29 is 8.78 Å². The average Bonchev–Trinajstić information content (AvgIpc) is 2.84. The topological polar surface area (TPSA) is 56.7 Å². The van der Waals surface area contributed by atoms with E-state index < -0.39 is 11.6 Å². The van der Waals surface area contributed by atoms with Crippen LogP contribution in [0.1, 0.15) is 5.56 Å². The number of hydrogen-bond donors (Lipinski definition) is 1. The van der Waals surface area contributed by atoms with Crippen molar-refractivity contribution in [1.82, 2.24) is 15.0 Å². The Hall–Kier alpha value is -2.76. The van der Waals surface area contributed by atoms with Crippen LogP contribution in [-0.2, 0) is 0 Å². The third kappa shape index (κ3) is 2.24. The van der Waals surface area contributed by atoms with Gasteiger partial charge in [-0.05, 0) is 36.8 Å². The molecule has 0 radical (unpaired) electrons. The molecule has 2 N–H and O–H groups in total. The molecule has 0 bridgehead atoms. The van der Waals surface area contributed by atoms with Crippen LogP contribution in [0.3, 0.4) is 0 Å². The molecule has 0 saturated heterocycles. The van der Waals surface area contributed by atoms with Crippen LogP contribution >= 0.6 is 0 Å². The second-order valence-electron chi connectivity index (χ2n) is 4.65. The number of halogens is 2. The third-order valence-corrected chi connectivity index (χ3v) is 3.24. The lowest BCUT2D eigenvalue weighted by Crippen LogP contribution is -2.04. The molecular weight excluding hydrogens is 274 g/mol. The Balaban J connectivity index is 2.11. The number of nitrogens with zero attached hydrogens (tertiary/aromatic N) is 3. The predicted octanol–water partition coefficient (Wildman–Crippen LogP) is 3.10. The second kappa shape index (κ2) is 4.97. The number of nitrogens with two attached hydrogens (primary N) is 1. The van der Waals surface area contributed by atoms with Crippen molar-refractivity contribution in [1.29, 1.82) is 0 Å². The molecule has 0 spiro atoms. The molecule has 0 amide bonds. The maximum Gasteiger partial charge on any atom is 0.159 e. The Kier molecular flexibility index (Phi) is 3.13. The zero-order valence-corrected chi connectivity index (χ0v) is 11.2. The van der Waals surface area contributed by atoms with Gasteiger partial charge in [0.05, 0.1) is 5.69 Å². The summed E-state index contributed by atoms with van der Waals surface area (Å²) in [7, 11) is 0. The third-order valence-electron chi connectivity index (χ3n) is 3.24. The van der Waals surface area contributed by atoms with E-state index in [9.17, 15) is 8.78 Å². The zero-order valence-electron chi connectivity index (χ0n) is 11.2. The van der Waals surface area contributed by atoms with Gasteiger partial charge >= 0.3 is 0 Å². The minimum absolute atomic E-state index is 0.273. The zero-order chi connectivity index (χ0) is 15.0. The summed E-state index contributed by atoms with van der Waals surface area (Å²) in [6.07, 6.45) is 0. The van der Waals surface area contributed by atoms with E-state index in [2.05, 4.69) is 10.3 Å². The van der Waals surface area contributed by atoms with Gasteiger partial charge in [0.15, 0.2) is 17.5 Å². The number of rotatable bonds is 2. The highest BCUT2D eigenvalue weighted by atomic mass is 19.2. The number of aromatic nitrogens is 3. The van der Waals surface area contributed by atoms with Crippen molar-refractivity contribution in [3.8, 4) is 16.9 Å². The van der Waals surface area contributed by atoms with Crippen molar-refractivity contribution >= 4 is 5.82 Å². The Morgan fingerprint density at radius 1 is 1.05 bits per heavy atom. The number of benzene rings is 2. The highest BCUT2D eigenvalue weighted by Crippen LogP contribution is 2.27. The van der Waals surface area contributed by atoms with Crippen LogP contribution in [-0.4, -0.2) is 15.0 Å². The smallest absolute Gasteiger partial charge is 0.159 e. The van der Waals surface area contributed by atoms with Gasteiger partial charge in [0, 0.05) is 5.56 Å². The van der Waals surface area contributed by atoms with E-state index in [0.717, 1.165) is 23.4 Å². The first-order chi connectivity index (χ1) is 10.1. The molecule has 0 aliphatic carbocycles. The van der Waals surface area contributed by atoms with Gasteiger partial charge in [-0.1, -0.05) is 23.4 Å². The van der Waals surface area contributed by atoms with Gasteiger partial charge in [-0.15, -0.1) is 5.10 Å². The average molecular weight is 286 g/mol. The summed E-state index contributed by atoms with van der Waals surface area (Å²) in [5.41, 5.74) is 8.51. The summed E-state index contributed by atoms with van der Waals surface area (Å²) < 4.78 is 27.8. The van der Waals surface area contributed by atoms with Gasteiger partial charge in [0.2, 0.25) is 0 Å². The van der Waals surface area contributed by atoms with Gasteiger partial charge in [0.1, 0.15) is 5.69 Å². The van der Waals surface area contributed by atoms with Crippen LogP contribution in [0.4, 0.5) is 14.6 Å². The Morgan fingerprint density at radius 2 is 1.81 bits per heavy atom. The molecule has 0 fully saturated rings. The van der Waals surface area contributed by atoms with Crippen LogP contribution in [0.5, 0.6) is 0 Å². The molecule has 3 rings (SSSR count). The van der Waals surface area contributed by atoms with Crippen molar-refractivity contribution in [3.05, 3.63) is 59.7 Å². The van der Waals surface area contributed by atoms with Gasteiger partial charge in [0.25, 0.3) is 0 Å². The van der Waals surface area contributed by atoms with Crippen molar-refractivity contribution in [3.63, 3.8) is 0 Å². The van der Waals surface area contributed by atoms with Crippen LogP contribution in [0.15, 0.2) is 42.5 Å². The largest absolute Gasteiger partial charge is 0.382 e. The van der Waals surface area contributed by atoms with E-state index in [4.69, 9.17) is 5.73 Å². The summed E-state index contributed by atoms with van der Waals surface area (Å²) in [5, 5.41) is 7.97. The number of aryl methyl sites for hydroxylation is 1. The fourth-order valence-corrected chi connectivity index (χ4v) is 2.12. The lowest BCUT2D eigenvalue weighted by Gasteiger charge is -2.06. The SMILES string of the molecule is Cc1ccccc1-n1nnc(-c2ccc(F)c(F)c2)c1N. The molecule has 106 valence electrons. The number of anilines is 1. The molecule has 6 heteroatoms. The Bertz CT molecular complexity index is 811. The summed E-state index contributed by atoms with van der Waals surface area (Å²) in [4.78, 5) is 0. The van der Waals surface area contributed by atoms with Crippen LogP contribution < -0.4 is 5.73 Å². The quantitative estimate of drug-likeness (QED) is 0.787. The maximum atomic E-state index is 13.3. The van der Waals surface area contributed by atoms with Crippen LogP contribution in [0, 0.1) is 18.6 Å².